The predicted molar refractivity (Wildman–Crippen MR) is 98.7 cm³/mol. The number of aromatic nitrogens is 1. The Labute approximate surface area is 155 Å². The fourth-order valence-electron chi connectivity index (χ4n) is 3.08. The molecule has 0 aliphatic carbocycles. The van der Waals surface area contributed by atoms with Gasteiger partial charge >= 0.3 is 6.03 Å². The van der Waals surface area contributed by atoms with Crippen molar-refractivity contribution in [2.24, 2.45) is 0 Å². The molecule has 0 bridgehead atoms. The van der Waals surface area contributed by atoms with E-state index in [4.69, 9.17) is 4.52 Å². The van der Waals surface area contributed by atoms with Crippen LogP contribution in [0.1, 0.15) is 43.2 Å². The molecule has 2 rings (SSSR count). The molecule has 0 aromatic carbocycles. The third-order valence-corrected chi connectivity index (χ3v) is 4.78. The molecule has 0 atom stereocenters. The maximum absolute atomic E-state index is 12.4. The SMILES string of the molecule is CCCNC(=O)CN1CCC(NC(=O)N(C)Cc2c(C)noc2C)CC1. The number of piperidine rings is 1. The number of hydrogen-bond donors (Lipinski definition) is 2. The molecular formula is C18H31N5O3. The van der Waals surface area contributed by atoms with Crippen LogP contribution in [0.25, 0.3) is 0 Å². The highest BCUT2D eigenvalue weighted by Crippen LogP contribution is 2.15. The Kier molecular flexibility index (Phi) is 7.44. The zero-order chi connectivity index (χ0) is 19.1. The van der Waals surface area contributed by atoms with Crippen molar-refractivity contribution >= 4 is 11.9 Å². The molecule has 0 saturated carbocycles. The van der Waals surface area contributed by atoms with Crippen LogP contribution in [-0.2, 0) is 11.3 Å². The van der Waals surface area contributed by atoms with Gasteiger partial charge in [0.05, 0.1) is 18.8 Å². The minimum absolute atomic E-state index is 0.0773. The largest absolute Gasteiger partial charge is 0.361 e. The molecule has 1 aliphatic heterocycles. The second kappa shape index (κ2) is 9.56. The highest BCUT2D eigenvalue weighted by molar-refractivity contribution is 5.78. The normalized spacial score (nSPS) is 15.7. The van der Waals surface area contributed by atoms with Crippen molar-refractivity contribution in [1.82, 2.24) is 25.6 Å². The van der Waals surface area contributed by atoms with Crippen LogP contribution in [0.15, 0.2) is 4.52 Å². The average molecular weight is 365 g/mol. The van der Waals surface area contributed by atoms with E-state index in [9.17, 15) is 9.59 Å². The number of carbonyl (C=O) groups excluding carboxylic acids is 2. The third kappa shape index (κ3) is 5.72. The number of nitrogens with zero attached hydrogens (tertiary/aromatic N) is 3. The standard InChI is InChI=1S/C18H31N5O3/c1-5-8-19-17(24)12-23-9-6-15(7-10-23)20-18(25)22(4)11-16-13(2)21-26-14(16)3/h15H,5-12H2,1-4H3,(H,19,24)(H,20,25). The van der Waals surface area contributed by atoms with Gasteiger partial charge in [0.1, 0.15) is 5.76 Å². The van der Waals surface area contributed by atoms with Gasteiger partial charge in [0.2, 0.25) is 5.91 Å². The summed E-state index contributed by atoms with van der Waals surface area (Å²) >= 11 is 0. The van der Waals surface area contributed by atoms with Gasteiger partial charge in [0.15, 0.2) is 0 Å². The van der Waals surface area contributed by atoms with Gasteiger partial charge in [-0.1, -0.05) is 12.1 Å². The maximum atomic E-state index is 12.4. The van der Waals surface area contributed by atoms with Gasteiger partial charge in [-0.15, -0.1) is 0 Å². The summed E-state index contributed by atoms with van der Waals surface area (Å²) in [7, 11) is 1.77. The highest BCUT2D eigenvalue weighted by atomic mass is 16.5. The van der Waals surface area contributed by atoms with Crippen LogP contribution in [0.2, 0.25) is 0 Å². The molecule has 8 heteroatoms. The van der Waals surface area contributed by atoms with Gasteiger partial charge in [-0.05, 0) is 33.1 Å². The van der Waals surface area contributed by atoms with E-state index in [0.717, 1.165) is 55.9 Å². The summed E-state index contributed by atoms with van der Waals surface area (Å²) in [5.74, 6) is 0.824. The zero-order valence-corrected chi connectivity index (χ0v) is 16.3. The maximum Gasteiger partial charge on any atom is 0.317 e. The monoisotopic (exact) mass is 365 g/mol. The molecular weight excluding hydrogens is 334 g/mol. The number of aryl methyl sites for hydroxylation is 2. The summed E-state index contributed by atoms with van der Waals surface area (Å²) in [6, 6.07) is 0.0497. The molecule has 1 aliphatic rings. The Morgan fingerprint density at radius 2 is 2.00 bits per heavy atom. The van der Waals surface area contributed by atoms with E-state index in [-0.39, 0.29) is 18.0 Å². The first-order chi connectivity index (χ1) is 12.4. The van der Waals surface area contributed by atoms with Crippen LogP contribution < -0.4 is 10.6 Å². The van der Waals surface area contributed by atoms with Crippen molar-refractivity contribution in [3.05, 3.63) is 17.0 Å². The van der Waals surface area contributed by atoms with E-state index in [1.807, 2.05) is 20.8 Å². The van der Waals surface area contributed by atoms with Gasteiger partial charge in [-0.2, -0.15) is 0 Å². The lowest BCUT2D eigenvalue weighted by Crippen LogP contribution is -2.49. The number of urea groups is 1. The van der Waals surface area contributed by atoms with E-state index in [2.05, 4.69) is 20.7 Å². The molecule has 1 aromatic rings. The van der Waals surface area contributed by atoms with Crippen molar-refractivity contribution in [2.75, 3.05) is 33.2 Å². The van der Waals surface area contributed by atoms with Gasteiger partial charge in [-0.25, -0.2) is 4.79 Å². The first-order valence-corrected chi connectivity index (χ1v) is 9.33. The van der Waals surface area contributed by atoms with Crippen LogP contribution in [0.5, 0.6) is 0 Å². The van der Waals surface area contributed by atoms with Crippen LogP contribution in [0, 0.1) is 13.8 Å². The summed E-state index contributed by atoms with van der Waals surface area (Å²) in [6.07, 6.45) is 2.65. The molecule has 8 nitrogen and oxygen atoms in total. The molecule has 0 radical (unpaired) electrons. The van der Waals surface area contributed by atoms with Crippen molar-refractivity contribution in [3.8, 4) is 0 Å². The average Bonchev–Trinajstić information content (AvgIpc) is 2.93. The fourth-order valence-corrected chi connectivity index (χ4v) is 3.08. The molecule has 1 fully saturated rings. The summed E-state index contributed by atoms with van der Waals surface area (Å²) in [5, 5.41) is 9.91. The minimum Gasteiger partial charge on any atom is -0.361 e. The lowest BCUT2D eigenvalue weighted by atomic mass is 10.1. The van der Waals surface area contributed by atoms with Gasteiger partial charge in [-0.3, -0.25) is 9.69 Å². The molecule has 2 heterocycles. The van der Waals surface area contributed by atoms with Crippen molar-refractivity contribution < 1.29 is 14.1 Å². The molecule has 3 amide bonds. The van der Waals surface area contributed by atoms with Crippen LogP contribution >= 0.6 is 0 Å². The summed E-state index contributed by atoms with van der Waals surface area (Å²) in [6.45, 7) is 9.05. The number of amides is 3. The molecule has 1 aromatic heterocycles. The predicted octanol–water partition coefficient (Wildman–Crippen LogP) is 1.42. The quantitative estimate of drug-likeness (QED) is 0.763. The van der Waals surface area contributed by atoms with Crippen LogP contribution in [0.3, 0.4) is 0 Å². The number of likely N-dealkylation sites (tertiary alicyclic amines) is 1. The van der Waals surface area contributed by atoms with Crippen molar-refractivity contribution in [1.29, 1.82) is 0 Å². The summed E-state index contributed by atoms with van der Waals surface area (Å²) < 4.78 is 5.15. The Hall–Kier alpha value is -2.09. The van der Waals surface area contributed by atoms with Gasteiger partial charge in [0.25, 0.3) is 0 Å². The summed E-state index contributed by atoms with van der Waals surface area (Å²) in [4.78, 5) is 28.0. The smallest absolute Gasteiger partial charge is 0.317 e. The van der Waals surface area contributed by atoms with E-state index < -0.39 is 0 Å². The van der Waals surface area contributed by atoms with Crippen LogP contribution in [0.4, 0.5) is 4.79 Å². The Morgan fingerprint density at radius 3 is 2.58 bits per heavy atom. The molecule has 0 spiro atoms. The minimum atomic E-state index is -0.0934. The molecule has 146 valence electrons. The van der Waals surface area contributed by atoms with Crippen LogP contribution in [-0.4, -0.2) is 66.2 Å². The highest BCUT2D eigenvalue weighted by Gasteiger charge is 2.23. The lowest BCUT2D eigenvalue weighted by molar-refractivity contribution is -0.122. The zero-order valence-electron chi connectivity index (χ0n) is 16.3. The summed E-state index contributed by atoms with van der Waals surface area (Å²) in [5.41, 5.74) is 1.77. The van der Waals surface area contributed by atoms with E-state index in [0.29, 0.717) is 13.1 Å². The topological polar surface area (TPSA) is 90.7 Å². The van der Waals surface area contributed by atoms with E-state index in [1.54, 1.807) is 11.9 Å². The second-order valence-electron chi connectivity index (χ2n) is 7.01. The number of hydrogen-bond acceptors (Lipinski definition) is 5. The van der Waals surface area contributed by atoms with Crippen molar-refractivity contribution in [2.45, 2.75) is 52.6 Å². The van der Waals surface area contributed by atoms with E-state index >= 15 is 0 Å². The number of carbonyl (C=O) groups is 2. The molecule has 26 heavy (non-hydrogen) atoms. The fraction of sp³-hybridized carbons (Fsp3) is 0.722. The lowest BCUT2D eigenvalue weighted by Gasteiger charge is -2.32. The number of nitrogens with one attached hydrogen (secondary N) is 2. The van der Waals surface area contributed by atoms with E-state index in [1.165, 1.54) is 0 Å². The Bertz CT molecular complexity index is 588. The molecule has 2 N–H and O–H groups in total. The van der Waals surface area contributed by atoms with Gasteiger partial charge < -0.3 is 20.1 Å². The molecule has 1 saturated heterocycles. The first kappa shape index (κ1) is 20.2. The number of rotatable bonds is 7. The van der Waals surface area contributed by atoms with Crippen molar-refractivity contribution in [3.63, 3.8) is 0 Å². The molecule has 0 unspecified atom stereocenters. The Morgan fingerprint density at radius 1 is 1.31 bits per heavy atom. The van der Waals surface area contributed by atoms with Gasteiger partial charge in [0, 0.05) is 38.3 Å². The first-order valence-electron chi connectivity index (χ1n) is 9.33. The Balaban J connectivity index is 1.73. The second-order valence-corrected chi connectivity index (χ2v) is 7.01. The third-order valence-electron chi connectivity index (χ3n) is 4.78.